The second-order valence-corrected chi connectivity index (χ2v) is 6.85. The monoisotopic (exact) mass is 356 g/mol. The highest BCUT2D eigenvalue weighted by Gasteiger charge is 2.21. The van der Waals surface area contributed by atoms with Gasteiger partial charge < -0.3 is 19.1 Å². The normalized spacial score (nSPS) is 15.8. The van der Waals surface area contributed by atoms with E-state index in [0.717, 1.165) is 47.9 Å². The topological polar surface area (TPSA) is 34.2 Å². The summed E-state index contributed by atoms with van der Waals surface area (Å²) in [6.07, 6.45) is 0.964. The second kappa shape index (κ2) is 9.32. The van der Waals surface area contributed by atoms with E-state index < -0.39 is 0 Å². The van der Waals surface area contributed by atoms with Gasteiger partial charge in [0, 0.05) is 20.2 Å². The molecule has 0 aromatic heterocycles. The lowest BCUT2D eigenvalue weighted by Gasteiger charge is -2.36. The summed E-state index contributed by atoms with van der Waals surface area (Å²) in [4.78, 5) is 4.59. The SMILES string of the molecule is COCCN1CN(CCc2ccc(OC)c(OC)c2)CSC1=S. The fourth-order valence-corrected chi connectivity index (χ4v) is 3.54. The molecule has 1 aliphatic rings. The van der Waals surface area contributed by atoms with Crippen molar-refractivity contribution < 1.29 is 14.2 Å². The maximum Gasteiger partial charge on any atom is 0.160 e. The van der Waals surface area contributed by atoms with Crippen LogP contribution < -0.4 is 9.47 Å². The van der Waals surface area contributed by atoms with Crippen LogP contribution in [0.4, 0.5) is 0 Å². The van der Waals surface area contributed by atoms with Crippen molar-refractivity contribution in [3.63, 3.8) is 0 Å². The Balaban J connectivity index is 1.89. The molecule has 0 N–H and O–H groups in total. The quantitative estimate of drug-likeness (QED) is 0.662. The molecule has 0 atom stereocenters. The number of hydrogen-bond acceptors (Lipinski definition) is 6. The molecule has 1 aromatic rings. The molecule has 0 bridgehead atoms. The van der Waals surface area contributed by atoms with Gasteiger partial charge in [-0.2, -0.15) is 0 Å². The zero-order valence-corrected chi connectivity index (χ0v) is 15.5. The van der Waals surface area contributed by atoms with Crippen LogP contribution in [0.2, 0.25) is 0 Å². The van der Waals surface area contributed by atoms with Crippen molar-refractivity contribution in [2.45, 2.75) is 6.42 Å². The number of thioether (sulfide) groups is 1. The number of rotatable bonds is 8. The number of hydrogen-bond donors (Lipinski definition) is 0. The van der Waals surface area contributed by atoms with Gasteiger partial charge in [-0.25, -0.2) is 0 Å². The summed E-state index contributed by atoms with van der Waals surface area (Å²) in [5, 5.41) is 0. The van der Waals surface area contributed by atoms with Gasteiger partial charge in [-0.05, 0) is 24.1 Å². The predicted molar refractivity (Wildman–Crippen MR) is 98.5 cm³/mol. The first-order valence-corrected chi connectivity index (χ1v) is 8.91. The Hall–Kier alpha value is -1.02. The van der Waals surface area contributed by atoms with Gasteiger partial charge in [0.25, 0.3) is 0 Å². The molecule has 0 spiro atoms. The van der Waals surface area contributed by atoms with E-state index in [0.29, 0.717) is 6.61 Å². The summed E-state index contributed by atoms with van der Waals surface area (Å²) in [6.45, 7) is 3.39. The van der Waals surface area contributed by atoms with Gasteiger partial charge in [0.05, 0.1) is 33.4 Å². The van der Waals surface area contributed by atoms with E-state index in [2.05, 4.69) is 15.9 Å². The van der Waals surface area contributed by atoms with Crippen LogP contribution in [0.5, 0.6) is 11.5 Å². The standard InChI is InChI=1S/C16H24N2O3S2/c1-19-9-8-18-11-17(12-23-16(18)22)7-6-13-4-5-14(20-2)15(10-13)21-3/h4-5,10H,6-9,11-12H2,1-3H3. The molecular weight excluding hydrogens is 332 g/mol. The number of thiocarbonyl (C=S) groups is 1. The van der Waals surface area contributed by atoms with Crippen LogP contribution in [-0.2, 0) is 11.2 Å². The highest BCUT2D eigenvalue weighted by molar-refractivity contribution is 8.22. The van der Waals surface area contributed by atoms with Crippen LogP contribution in [-0.4, -0.2) is 67.7 Å². The summed E-state index contributed by atoms with van der Waals surface area (Å²) in [5.41, 5.74) is 1.24. The van der Waals surface area contributed by atoms with E-state index in [4.69, 9.17) is 26.4 Å². The van der Waals surface area contributed by atoms with Gasteiger partial charge in [-0.3, -0.25) is 4.90 Å². The van der Waals surface area contributed by atoms with Crippen molar-refractivity contribution in [2.24, 2.45) is 0 Å². The summed E-state index contributed by atoms with van der Waals surface area (Å²) in [6, 6.07) is 6.09. The van der Waals surface area contributed by atoms with Crippen molar-refractivity contribution >= 4 is 28.3 Å². The lowest BCUT2D eigenvalue weighted by atomic mass is 10.1. The van der Waals surface area contributed by atoms with Gasteiger partial charge in [-0.15, -0.1) is 0 Å². The number of benzene rings is 1. The number of nitrogens with zero attached hydrogens (tertiary/aromatic N) is 2. The minimum atomic E-state index is 0.699. The first-order valence-electron chi connectivity index (χ1n) is 7.51. The molecule has 0 saturated carbocycles. The van der Waals surface area contributed by atoms with Crippen LogP contribution in [0.1, 0.15) is 5.56 Å². The van der Waals surface area contributed by atoms with Crippen molar-refractivity contribution in [1.82, 2.24) is 9.80 Å². The summed E-state index contributed by atoms with van der Waals surface area (Å²) in [5.74, 6) is 2.48. The maximum absolute atomic E-state index is 5.41. The fourth-order valence-electron chi connectivity index (χ4n) is 2.40. The Kier molecular flexibility index (Phi) is 7.42. The lowest BCUT2D eigenvalue weighted by Crippen LogP contribution is -2.46. The highest BCUT2D eigenvalue weighted by atomic mass is 32.2. The number of ether oxygens (including phenoxy) is 3. The molecule has 128 valence electrons. The molecule has 7 heteroatoms. The zero-order chi connectivity index (χ0) is 16.7. The van der Waals surface area contributed by atoms with Crippen molar-refractivity contribution in [3.05, 3.63) is 23.8 Å². The highest BCUT2D eigenvalue weighted by Crippen LogP contribution is 2.28. The smallest absolute Gasteiger partial charge is 0.160 e. The first-order chi connectivity index (χ1) is 11.2. The van der Waals surface area contributed by atoms with Gasteiger partial charge >= 0.3 is 0 Å². The van der Waals surface area contributed by atoms with Gasteiger partial charge in [0.2, 0.25) is 0 Å². The third kappa shape index (κ3) is 5.24. The Morgan fingerprint density at radius 1 is 1.13 bits per heavy atom. The zero-order valence-electron chi connectivity index (χ0n) is 13.9. The Morgan fingerprint density at radius 2 is 1.91 bits per heavy atom. The second-order valence-electron chi connectivity index (χ2n) is 5.27. The molecule has 1 fully saturated rings. The molecule has 0 amide bonds. The molecule has 1 heterocycles. The molecule has 1 aromatic carbocycles. The number of methoxy groups -OCH3 is 3. The molecule has 0 aliphatic carbocycles. The van der Waals surface area contributed by atoms with Gasteiger partial charge in [0.1, 0.15) is 4.32 Å². The molecular formula is C16H24N2O3S2. The van der Waals surface area contributed by atoms with E-state index in [9.17, 15) is 0 Å². The van der Waals surface area contributed by atoms with Crippen LogP contribution in [0.3, 0.4) is 0 Å². The third-order valence-corrected chi connectivity index (χ3v) is 5.34. The summed E-state index contributed by atoms with van der Waals surface area (Å²) in [7, 11) is 5.03. The largest absolute Gasteiger partial charge is 0.493 e. The van der Waals surface area contributed by atoms with Crippen LogP contribution in [0, 0.1) is 0 Å². The Morgan fingerprint density at radius 3 is 2.61 bits per heavy atom. The third-order valence-electron chi connectivity index (χ3n) is 3.73. The molecule has 0 radical (unpaired) electrons. The minimum absolute atomic E-state index is 0.699. The van der Waals surface area contributed by atoms with E-state index in [-0.39, 0.29) is 0 Å². The molecule has 0 unspecified atom stereocenters. The van der Waals surface area contributed by atoms with E-state index >= 15 is 0 Å². The molecule has 2 rings (SSSR count). The lowest BCUT2D eigenvalue weighted by molar-refractivity contribution is 0.147. The van der Waals surface area contributed by atoms with Crippen LogP contribution in [0.15, 0.2) is 18.2 Å². The first kappa shape index (κ1) is 18.3. The van der Waals surface area contributed by atoms with Crippen molar-refractivity contribution in [2.75, 3.05) is 53.6 Å². The Bertz CT molecular complexity index is 528. The molecule has 23 heavy (non-hydrogen) atoms. The van der Waals surface area contributed by atoms with Gasteiger partial charge in [0.15, 0.2) is 11.5 Å². The van der Waals surface area contributed by atoms with Crippen LogP contribution in [0.25, 0.3) is 0 Å². The average Bonchev–Trinajstić information content (AvgIpc) is 2.59. The van der Waals surface area contributed by atoms with Crippen molar-refractivity contribution in [3.8, 4) is 11.5 Å². The Labute approximate surface area is 147 Å². The van der Waals surface area contributed by atoms with E-state index in [1.165, 1.54) is 5.56 Å². The van der Waals surface area contributed by atoms with Crippen molar-refractivity contribution in [1.29, 1.82) is 0 Å². The van der Waals surface area contributed by atoms with Crippen LogP contribution >= 0.6 is 24.0 Å². The predicted octanol–water partition coefficient (Wildman–Crippen LogP) is 2.44. The van der Waals surface area contributed by atoms with Gasteiger partial charge in [-0.1, -0.05) is 30.0 Å². The maximum atomic E-state index is 5.41. The van der Waals surface area contributed by atoms with E-state index in [1.54, 1.807) is 33.1 Å². The molecule has 5 nitrogen and oxygen atoms in total. The average molecular weight is 357 g/mol. The fraction of sp³-hybridized carbons (Fsp3) is 0.562. The molecule has 1 aliphatic heterocycles. The minimum Gasteiger partial charge on any atom is -0.493 e. The summed E-state index contributed by atoms with van der Waals surface area (Å²) >= 11 is 7.12. The molecule has 1 saturated heterocycles. The summed E-state index contributed by atoms with van der Waals surface area (Å²) < 4.78 is 16.8. The van der Waals surface area contributed by atoms with E-state index in [1.807, 2.05) is 12.1 Å².